The van der Waals surface area contributed by atoms with Crippen LogP contribution < -0.4 is 26.2 Å². The van der Waals surface area contributed by atoms with Gasteiger partial charge in [-0.2, -0.15) is 0 Å². The highest BCUT2D eigenvalue weighted by Crippen LogP contribution is 2.36. The molecule has 0 saturated carbocycles. The van der Waals surface area contributed by atoms with Crippen molar-refractivity contribution in [1.82, 2.24) is 16.0 Å². The van der Waals surface area contributed by atoms with Gasteiger partial charge in [-0.15, -0.1) is 11.8 Å². The zero-order valence-electron chi connectivity index (χ0n) is 28.1. The number of hydrogen-bond donors (Lipinski definition) is 5. The number of urea groups is 1. The molecule has 258 valence electrons. The Morgan fingerprint density at radius 3 is 2.50 bits per heavy atom. The number of carbonyl (C=O) groups is 3. The summed E-state index contributed by atoms with van der Waals surface area (Å²) in [5, 5.41) is 22.0. The molecule has 0 bridgehead atoms. The fourth-order valence-electron chi connectivity index (χ4n) is 5.93. The maximum absolute atomic E-state index is 14.1. The van der Waals surface area contributed by atoms with Crippen LogP contribution in [-0.4, -0.2) is 53.4 Å². The first-order valence-electron chi connectivity index (χ1n) is 16.6. The molecule has 1 aliphatic rings. The summed E-state index contributed by atoms with van der Waals surface area (Å²) in [6, 6.07) is 31.9. The van der Waals surface area contributed by atoms with E-state index in [1.807, 2.05) is 117 Å². The molecule has 4 amide bonds. The number of carbonyl (C=O) groups excluding carboxylic acids is 3. The molecule has 0 unspecified atom stereocenters. The number of rotatable bonds is 12. The highest BCUT2D eigenvalue weighted by atomic mass is 32.2. The molecule has 10 nitrogen and oxygen atoms in total. The van der Waals surface area contributed by atoms with Gasteiger partial charge in [0.05, 0.1) is 31.1 Å². The fourth-order valence-corrected chi connectivity index (χ4v) is 7.00. The van der Waals surface area contributed by atoms with E-state index in [4.69, 9.17) is 9.52 Å². The zero-order chi connectivity index (χ0) is 35.1. The Bertz CT molecular complexity index is 1940. The molecule has 11 heteroatoms. The Morgan fingerprint density at radius 2 is 1.70 bits per heavy atom. The lowest BCUT2D eigenvalue weighted by molar-refractivity contribution is -0.127. The van der Waals surface area contributed by atoms with Gasteiger partial charge < -0.3 is 35.7 Å². The summed E-state index contributed by atoms with van der Waals surface area (Å²) in [6.45, 7) is 4.72. The molecule has 0 radical (unpaired) electrons. The van der Waals surface area contributed by atoms with Gasteiger partial charge in [0.2, 0.25) is 5.91 Å². The van der Waals surface area contributed by atoms with E-state index in [2.05, 4.69) is 21.3 Å². The molecule has 50 heavy (non-hydrogen) atoms. The number of anilines is 2. The second kappa shape index (κ2) is 15.6. The minimum atomic E-state index is -0.708. The van der Waals surface area contributed by atoms with Crippen molar-refractivity contribution in [3.63, 3.8) is 0 Å². The molecular weight excluding hydrogens is 651 g/mol. The van der Waals surface area contributed by atoms with Crippen LogP contribution in [0.25, 0.3) is 22.1 Å². The monoisotopic (exact) mass is 691 g/mol. The number of hydrogen-bond acceptors (Lipinski definition) is 7. The van der Waals surface area contributed by atoms with Crippen LogP contribution in [0.2, 0.25) is 0 Å². The van der Waals surface area contributed by atoms with E-state index < -0.39 is 17.6 Å². The molecule has 0 aliphatic carbocycles. The van der Waals surface area contributed by atoms with Gasteiger partial charge in [0.1, 0.15) is 17.4 Å². The van der Waals surface area contributed by atoms with Crippen molar-refractivity contribution in [2.75, 3.05) is 29.1 Å². The van der Waals surface area contributed by atoms with E-state index in [1.54, 1.807) is 16.7 Å². The summed E-state index contributed by atoms with van der Waals surface area (Å²) in [4.78, 5) is 42.5. The van der Waals surface area contributed by atoms with E-state index in [9.17, 15) is 14.4 Å². The average molecular weight is 692 g/mol. The first-order chi connectivity index (χ1) is 24.2. The third kappa shape index (κ3) is 8.54. The Kier molecular flexibility index (Phi) is 10.9. The van der Waals surface area contributed by atoms with Gasteiger partial charge >= 0.3 is 6.03 Å². The van der Waals surface area contributed by atoms with Crippen LogP contribution in [0.15, 0.2) is 112 Å². The largest absolute Gasteiger partial charge is 0.460 e. The highest BCUT2D eigenvalue weighted by Gasteiger charge is 2.33. The molecule has 4 aromatic carbocycles. The second-order valence-electron chi connectivity index (χ2n) is 12.8. The maximum atomic E-state index is 14.1. The van der Waals surface area contributed by atoms with Gasteiger partial charge in [-0.25, -0.2) is 4.79 Å². The predicted octanol–water partition coefficient (Wildman–Crippen LogP) is 6.30. The second-order valence-corrected chi connectivity index (χ2v) is 13.9. The number of benzene rings is 4. The van der Waals surface area contributed by atoms with Crippen molar-refractivity contribution in [3.8, 4) is 11.1 Å². The molecule has 0 spiro atoms. The molecular formula is C39H41N5O5S. The maximum Gasteiger partial charge on any atom is 0.319 e. The number of nitrogens with one attached hydrogen (secondary N) is 4. The molecule has 5 aromatic rings. The van der Waals surface area contributed by atoms with Gasteiger partial charge in [0, 0.05) is 40.1 Å². The molecule has 6 rings (SSSR count). The van der Waals surface area contributed by atoms with Crippen molar-refractivity contribution in [1.29, 1.82) is 0 Å². The third-order valence-electron chi connectivity index (χ3n) is 8.46. The normalized spacial score (nSPS) is 14.6. The molecule has 1 atom stereocenters. The van der Waals surface area contributed by atoms with Crippen LogP contribution in [-0.2, 0) is 22.7 Å². The van der Waals surface area contributed by atoms with Crippen LogP contribution in [0.1, 0.15) is 31.6 Å². The summed E-state index contributed by atoms with van der Waals surface area (Å²) >= 11 is 1.56. The van der Waals surface area contributed by atoms with Gasteiger partial charge in [-0.05, 0) is 55.3 Å². The third-order valence-corrected chi connectivity index (χ3v) is 9.62. The van der Waals surface area contributed by atoms with E-state index >= 15 is 0 Å². The molecule has 0 saturated heterocycles. The number of thioether (sulfide) groups is 1. The number of aliphatic hydroxyl groups is 1. The minimum Gasteiger partial charge on any atom is -0.460 e. The van der Waals surface area contributed by atoms with Crippen LogP contribution in [0, 0.1) is 0 Å². The topological polar surface area (TPSA) is 136 Å². The summed E-state index contributed by atoms with van der Waals surface area (Å²) in [6.07, 6.45) is 0.176. The van der Waals surface area contributed by atoms with Crippen molar-refractivity contribution >= 4 is 52.0 Å². The first-order valence-corrected chi connectivity index (χ1v) is 17.6. The predicted molar refractivity (Wildman–Crippen MR) is 198 cm³/mol. The Morgan fingerprint density at radius 1 is 0.960 bits per heavy atom. The number of nitrogens with zero attached hydrogens (tertiary/aromatic N) is 1. The van der Waals surface area contributed by atoms with E-state index in [1.165, 1.54) is 0 Å². The van der Waals surface area contributed by atoms with Crippen molar-refractivity contribution in [3.05, 3.63) is 114 Å². The smallest absolute Gasteiger partial charge is 0.319 e. The van der Waals surface area contributed by atoms with Gasteiger partial charge in [0.25, 0.3) is 5.91 Å². The van der Waals surface area contributed by atoms with Crippen LogP contribution in [0.4, 0.5) is 16.2 Å². The van der Waals surface area contributed by atoms with Gasteiger partial charge in [-0.1, -0.05) is 72.8 Å². The van der Waals surface area contributed by atoms with Crippen LogP contribution in [0.5, 0.6) is 0 Å². The lowest BCUT2D eigenvalue weighted by Crippen LogP contribution is -2.51. The summed E-state index contributed by atoms with van der Waals surface area (Å²) in [5.41, 5.74) is 4.36. The van der Waals surface area contributed by atoms with E-state index in [0.717, 1.165) is 44.0 Å². The molecule has 1 aromatic heterocycles. The standard InChI is InChI=1S/C39H41N5O5S/c1-39(2,41-23-29-21-28-9-3-7-13-34(28)49-29)22-36(46)42-32-25-50-35-14-8-6-12-33(35)44(37(32)47)24-26-15-17-27(18-16-26)30-10-4-5-11-31(30)43-38(48)40-19-20-45/h3-18,21,32,41,45H,19-20,22-25H2,1-2H3,(H,42,46)(H2,40,43,48)/t32-/m1/s1. The quantitative estimate of drug-likeness (QED) is 0.104. The summed E-state index contributed by atoms with van der Waals surface area (Å²) < 4.78 is 5.93. The molecule has 1 aliphatic heterocycles. The lowest BCUT2D eigenvalue weighted by atomic mass is 9.99. The lowest BCUT2D eigenvalue weighted by Gasteiger charge is -2.28. The zero-order valence-corrected chi connectivity index (χ0v) is 28.9. The number of fused-ring (bicyclic) bond motifs is 2. The van der Waals surface area contributed by atoms with E-state index in [0.29, 0.717) is 24.5 Å². The average Bonchev–Trinajstić information content (AvgIpc) is 3.49. The number of furan rings is 1. The van der Waals surface area contributed by atoms with E-state index in [-0.39, 0.29) is 31.4 Å². The van der Waals surface area contributed by atoms with Gasteiger partial charge in [-0.3, -0.25) is 9.59 Å². The number of amides is 4. The minimum absolute atomic E-state index is 0.146. The Labute approximate surface area is 295 Å². The summed E-state index contributed by atoms with van der Waals surface area (Å²) in [5.74, 6) is 0.827. The first kappa shape index (κ1) is 34.8. The van der Waals surface area contributed by atoms with Crippen LogP contribution >= 0.6 is 11.8 Å². The molecule has 2 heterocycles. The fraction of sp³-hybridized carbons (Fsp3) is 0.256. The highest BCUT2D eigenvalue weighted by molar-refractivity contribution is 7.99. The summed E-state index contributed by atoms with van der Waals surface area (Å²) in [7, 11) is 0. The Hall–Kier alpha value is -5.10. The number of aliphatic hydroxyl groups excluding tert-OH is 1. The number of para-hydroxylation sites is 3. The van der Waals surface area contributed by atoms with Gasteiger partial charge in [0.15, 0.2) is 0 Å². The molecule has 0 fully saturated rings. The van der Waals surface area contributed by atoms with Crippen molar-refractivity contribution in [2.24, 2.45) is 0 Å². The SMILES string of the molecule is CC(C)(CC(=O)N[C@@H]1CSc2ccccc2N(Cc2ccc(-c3ccccc3NC(=O)NCCO)cc2)C1=O)NCc1cc2ccccc2o1. The van der Waals surface area contributed by atoms with Crippen LogP contribution in [0.3, 0.4) is 0 Å². The van der Waals surface area contributed by atoms with Crippen molar-refractivity contribution < 1.29 is 23.9 Å². The Balaban J connectivity index is 1.13. The molecule has 5 N–H and O–H groups in total. The van der Waals surface area contributed by atoms with Crippen molar-refractivity contribution in [2.45, 2.75) is 49.8 Å².